The molecule has 3 aromatic rings. The molecule has 0 N–H and O–H groups in total. The average molecular weight is 277 g/mol. The molecule has 3 rings (SSSR count). The molecular formula is C17H15N3O. The van der Waals surface area contributed by atoms with Crippen LogP contribution in [0.4, 0.5) is 0 Å². The van der Waals surface area contributed by atoms with E-state index in [1.54, 1.807) is 0 Å². The molecule has 2 aromatic carbocycles. The number of ether oxygens (including phenoxy) is 1. The summed E-state index contributed by atoms with van der Waals surface area (Å²) in [6, 6.07) is 15.7. The molecule has 0 bridgehead atoms. The molecule has 0 aliphatic carbocycles. The predicted molar refractivity (Wildman–Crippen MR) is 81.3 cm³/mol. The summed E-state index contributed by atoms with van der Waals surface area (Å²) in [4.78, 5) is 12.5. The summed E-state index contributed by atoms with van der Waals surface area (Å²) in [6.07, 6.45) is 1.52. The van der Waals surface area contributed by atoms with E-state index in [9.17, 15) is 0 Å². The van der Waals surface area contributed by atoms with E-state index in [4.69, 9.17) is 4.74 Å². The van der Waals surface area contributed by atoms with Gasteiger partial charge >= 0.3 is 0 Å². The van der Waals surface area contributed by atoms with Crippen molar-refractivity contribution in [2.45, 2.75) is 13.8 Å². The number of hydrogen-bond donors (Lipinski definition) is 0. The highest BCUT2D eigenvalue weighted by Crippen LogP contribution is 2.24. The van der Waals surface area contributed by atoms with Crippen LogP contribution in [0.2, 0.25) is 0 Å². The first kappa shape index (κ1) is 13.2. The highest BCUT2D eigenvalue weighted by molar-refractivity contribution is 5.56. The van der Waals surface area contributed by atoms with E-state index in [-0.39, 0.29) is 0 Å². The molecule has 104 valence electrons. The van der Waals surface area contributed by atoms with Crippen molar-refractivity contribution in [1.29, 1.82) is 0 Å². The zero-order chi connectivity index (χ0) is 14.7. The second kappa shape index (κ2) is 5.71. The zero-order valence-electron chi connectivity index (χ0n) is 11.9. The van der Waals surface area contributed by atoms with E-state index in [0.29, 0.717) is 11.6 Å². The van der Waals surface area contributed by atoms with Crippen LogP contribution in [0.1, 0.15) is 11.4 Å². The fourth-order valence-electron chi connectivity index (χ4n) is 1.93. The first-order valence-electron chi connectivity index (χ1n) is 6.71. The van der Waals surface area contributed by atoms with Gasteiger partial charge in [0.15, 0.2) is 5.82 Å². The molecule has 0 atom stereocenters. The number of aromatic nitrogens is 3. The van der Waals surface area contributed by atoms with Gasteiger partial charge in [0, 0.05) is 5.56 Å². The van der Waals surface area contributed by atoms with Gasteiger partial charge in [0.1, 0.15) is 23.7 Å². The third-order valence-electron chi connectivity index (χ3n) is 3.06. The summed E-state index contributed by atoms with van der Waals surface area (Å²) in [6.45, 7) is 3.90. The summed E-state index contributed by atoms with van der Waals surface area (Å²) in [5, 5.41) is 0. The number of benzene rings is 2. The lowest BCUT2D eigenvalue weighted by atomic mass is 10.2. The fraction of sp³-hybridized carbons (Fsp3) is 0.118. The lowest BCUT2D eigenvalue weighted by Gasteiger charge is -2.07. The molecule has 0 aliphatic rings. The monoisotopic (exact) mass is 277 g/mol. The maximum absolute atomic E-state index is 5.79. The number of aryl methyl sites for hydroxylation is 2. The molecule has 0 fully saturated rings. The molecule has 0 amide bonds. The Kier molecular flexibility index (Phi) is 3.60. The Bertz CT molecular complexity index is 737. The van der Waals surface area contributed by atoms with Gasteiger partial charge in [-0.3, -0.25) is 0 Å². The minimum absolute atomic E-state index is 0.671. The van der Waals surface area contributed by atoms with Crippen molar-refractivity contribution in [3.05, 3.63) is 66.2 Å². The SMILES string of the molecule is Cc1ccc(Oc2ccc(-c3ncnc(C)n3)cc2)cc1. The lowest BCUT2D eigenvalue weighted by molar-refractivity contribution is 0.482. The van der Waals surface area contributed by atoms with Crippen molar-refractivity contribution in [2.24, 2.45) is 0 Å². The maximum atomic E-state index is 5.79. The van der Waals surface area contributed by atoms with Crippen molar-refractivity contribution < 1.29 is 4.74 Å². The molecule has 0 saturated carbocycles. The first-order chi connectivity index (χ1) is 10.2. The Hall–Kier alpha value is -2.75. The van der Waals surface area contributed by atoms with Gasteiger partial charge in [-0.05, 0) is 50.2 Å². The van der Waals surface area contributed by atoms with E-state index in [0.717, 1.165) is 17.1 Å². The van der Waals surface area contributed by atoms with Gasteiger partial charge in [-0.15, -0.1) is 0 Å². The zero-order valence-corrected chi connectivity index (χ0v) is 11.9. The molecule has 21 heavy (non-hydrogen) atoms. The van der Waals surface area contributed by atoms with Crippen molar-refractivity contribution in [3.8, 4) is 22.9 Å². The van der Waals surface area contributed by atoms with Gasteiger partial charge < -0.3 is 4.74 Å². The Morgan fingerprint density at radius 1 is 0.762 bits per heavy atom. The van der Waals surface area contributed by atoms with Crippen LogP contribution in [-0.4, -0.2) is 15.0 Å². The van der Waals surface area contributed by atoms with E-state index in [1.165, 1.54) is 11.9 Å². The van der Waals surface area contributed by atoms with Crippen molar-refractivity contribution in [3.63, 3.8) is 0 Å². The predicted octanol–water partition coefficient (Wildman–Crippen LogP) is 3.95. The average Bonchev–Trinajstić information content (AvgIpc) is 2.50. The van der Waals surface area contributed by atoms with Crippen LogP contribution in [0.15, 0.2) is 54.9 Å². The van der Waals surface area contributed by atoms with E-state index in [1.807, 2.05) is 55.5 Å². The van der Waals surface area contributed by atoms with Crippen LogP contribution in [0.3, 0.4) is 0 Å². The molecular weight excluding hydrogens is 262 g/mol. The normalized spacial score (nSPS) is 10.4. The topological polar surface area (TPSA) is 47.9 Å². The fourth-order valence-corrected chi connectivity index (χ4v) is 1.93. The summed E-state index contributed by atoms with van der Waals surface area (Å²) < 4.78 is 5.79. The molecule has 0 unspecified atom stereocenters. The molecule has 0 spiro atoms. The van der Waals surface area contributed by atoms with Crippen LogP contribution in [-0.2, 0) is 0 Å². The van der Waals surface area contributed by atoms with Crippen LogP contribution >= 0.6 is 0 Å². The minimum atomic E-state index is 0.671. The second-order valence-electron chi connectivity index (χ2n) is 4.80. The molecule has 1 heterocycles. The van der Waals surface area contributed by atoms with Crippen LogP contribution in [0.5, 0.6) is 11.5 Å². The quantitative estimate of drug-likeness (QED) is 0.727. The van der Waals surface area contributed by atoms with Crippen molar-refractivity contribution >= 4 is 0 Å². The summed E-state index contributed by atoms with van der Waals surface area (Å²) in [7, 11) is 0. The minimum Gasteiger partial charge on any atom is -0.457 e. The number of hydrogen-bond acceptors (Lipinski definition) is 4. The second-order valence-corrected chi connectivity index (χ2v) is 4.80. The van der Waals surface area contributed by atoms with E-state index >= 15 is 0 Å². The Morgan fingerprint density at radius 2 is 1.38 bits per heavy atom. The van der Waals surface area contributed by atoms with Gasteiger partial charge in [-0.1, -0.05) is 17.7 Å². The van der Waals surface area contributed by atoms with E-state index < -0.39 is 0 Å². The number of rotatable bonds is 3. The Balaban J connectivity index is 1.79. The largest absolute Gasteiger partial charge is 0.457 e. The first-order valence-corrected chi connectivity index (χ1v) is 6.71. The molecule has 0 aliphatic heterocycles. The third-order valence-corrected chi connectivity index (χ3v) is 3.06. The third kappa shape index (κ3) is 3.23. The maximum Gasteiger partial charge on any atom is 0.162 e. The molecule has 4 heteroatoms. The van der Waals surface area contributed by atoms with Crippen LogP contribution < -0.4 is 4.74 Å². The highest BCUT2D eigenvalue weighted by atomic mass is 16.5. The summed E-state index contributed by atoms with van der Waals surface area (Å²) >= 11 is 0. The van der Waals surface area contributed by atoms with Crippen molar-refractivity contribution in [2.75, 3.05) is 0 Å². The summed E-state index contributed by atoms with van der Waals surface area (Å²) in [5.41, 5.74) is 2.15. The lowest BCUT2D eigenvalue weighted by Crippen LogP contribution is -1.94. The van der Waals surface area contributed by atoms with Gasteiger partial charge in [-0.2, -0.15) is 0 Å². The Morgan fingerprint density at radius 3 is 2.00 bits per heavy atom. The molecule has 4 nitrogen and oxygen atoms in total. The Labute approximate surface area is 123 Å². The van der Waals surface area contributed by atoms with Crippen LogP contribution in [0.25, 0.3) is 11.4 Å². The highest BCUT2D eigenvalue weighted by Gasteiger charge is 2.03. The van der Waals surface area contributed by atoms with Gasteiger partial charge in [0.25, 0.3) is 0 Å². The van der Waals surface area contributed by atoms with Gasteiger partial charge in [0.2, 0.25) is 0 Å². The number of nitrogens with zero attached hydrogens (tertiary/aromatic N) is 3. The van der Waals surface area contributed by atoms with Gasteiger partial charge in [0.05, 0.1) is 0 Å². The molecule has 0 radical (unpaired) electrons. The van der Waals surface area contributed by atoms with Gasteiger partial charge in [-0.25, -0.2) is 15.0 Å². The smallest absolute Gasteiger partial charge is 0.162 e. The van der Waals surface area contributed by atoms with E-state index in [2.05, 4.69) is 21.9 Å². The van der Waals surface area contributed by atoms with Crippen LogP contribution in [0, 0.1) is 13.8 Å². The molecule has 0 saturated heterocycles. The standard InChI is InChI=1S/C17H15N3O/c1-12-3-7-15(8-4-12)21-16-9-5-14(6-10-16)17-19-11-18-13(2)20-17/h3-11H,1-2H3. The van der Waals surface area contributed by atoms with Crippen molar-refractivity contribution in [1.82, 2.24) is 15.0 Å². The molecule has 1 aromatic heterocycles. The summed E-state index contributed by atoms with van der Waals surface area (Å²) in [5.74, 6) is 2.99.